The fourth-order valence-electron chi connectivity index (χ4n) is 1.33. The van der Waals surface area contributed by atoms with Crippen LogP contribution in [0.2, 0.25) is 0 Å². The minimum Gasteiger partial charge on any atom is -0.392 e. The molecule has 0 spiro atoms. The lowest BCUT2D eigenvalue weighted by molar-refractivity contribution is -0.121. The Bertz CT molecular complexity index is 536. The SMILES string of the molecule is CCC(C)(C(=O)Nc1cc(F)c(F)cc1F)C(N)=S. The molecule has 3 N–H and O–H groups in total. The van der Waals surface area contributed by atoms with Gasteiger partial charge in [0.1, 0.15) is 5.82 Å². The number of hydrogen-bond donors (Lipinski definition) is 2. The topological polar surface area (TPSA) is 55.1 Å². The van der Waals surface area contributed by atoms with Crippen molar-refractivity contribution < 1.29 is 18.0 Å². The lowest BCUT2D eigenvalue weighted by atomic mass is 9.86. The van der Waals surface area contributed by atoms with Crippen molar-refractivity contribution in [3.8, 4) is 0 Å². The quantitative estimate of drug-likeness (QED) is 0.662. The summed E-state index contributed by atoms with van der Waals surface area (Å²) in [6, 6.07) is 0.924. The monoisotopic (exact) mass is 290 g/mol. The van der Waals surface area contributed by atoms with Gasteiger partial charge in [-0.1, -0.05) is 19.1 Å². The highest BCUT2D eigenvalue weighted by atomic mass is 32.1. The van der Waals surface area contributed by atoms with Crippen LogP contribution in [0.3, 0.4) is 0 Å². The van der Waals surface area contributed by atoms with E-state index < -0.39 is 34.5 Å². The lowest BCUT2D eigenvalue weighted by Gasteiger charge is -2.25. The maximum atomic E-state index is 13.4. The number of thiocarbonyl (C=S) groups is 1. The van der Waals surface area contributed by atoms with E-state index >= 15 is 0 Å². The van der Waals surface area contributed by atoms with Crippen LogP contribution >= 0.6 is 12.2 Å². The van der Waals surface area contributed by atoms with E-state index in [1.807, 2.05) is 0 Å². The largest absolute Gasteiger partial charge is 0.392 e. The Morgan fingerprint density at radius 1 is 1.32 bits per heavy atom. The number of halogens is 3. The third-order valence-corrected chi connectivity index (χ3v) is 3.46. The molecule has 0 aliphatic heterocycles. The zero-order chi connectivity index (χ0) is 14.8. The maximum absolute atomic E-state index is 13.4. The van der Waals surface area contributed by atoms with Gasteiger partial charge in [-0.25, -0.2) is 13.2 Å². The molecule has 0 aromatic heterocycles. The molecule has 104 valence electrons. The number of rotatable bonds is 4. The third kappa shape index (κ3) is 3.04. The summed E-state index contributed by atoms with van der Waals surface area (Å²) in [5.41, 5.74) is 3.82. The molecule has 19 heavy (non-hydrogen) atoms. The maximum Gasteiger partial charge on any atom is 0.237 e. The molecule has 0 aliphatic rings. The van der Waals surface area contributed by atoms with E-state index in [0.29, 0.717) is 18.6 Å². The minimum atomic E-state index is -1.33. The Hall–Kier alpha value is -1.63. The standard InChI is InChI=1S/C12H13F3N2OS/c1-3-12(2,10(16)19)11(18)17-9-5-7(14)6(13)4-8(9)15/h4-5H,3H2,1-2H3,(H2,16,19)(H,17,18). The van der Waals surface area contributed by atoms with Crippen LogP contribution in [0.1, 0.15) is 20.3 Å². The van der Waals surface area contributed by atoms with Crippen molar-refractivity contribution >= 4 is 28.8 Å². The number of nitrogens with one attached hydrogen (secondary N) is 1. The molecule has 0 radical (unpaired) electrons. The first kappa shape index (κ1) is 15.4. The first-order valence-corrected chi connectivity index (χ1v) is 5.89. The van der Waals surface area contributed by atoms with E-state index in [9.17, 15) is 18.0 Å². The molecule has 1 unspecified atom stereocenters. The molecule has 0 saturated carbocycles. The summed E-state index contributed by atoms with van der Waals surface area (Å²) in [5, 5.41) is 2.16. The van der Waals surface area contributed by atoms with Crippen molar-refractivity contribution in [1.82, 2.24) is 0 Å². The van der Waals surface area contributed by atoms with Crippen LogP contribution in [0.25, 0.3) is 0 Å². The fraction of sp³-hybridized carbons (Fsp3) is 0.333. The molecule has 0 heterocycles. The Kier molecular flexibility index (Phi) is 4.52. The Balaban J connectivity index is 3.06. The molecule has 1 rings (SSSR count). The van der Waals surface area contributed by atoms with Crippen LogP contribution in [0.15, 0.2) is 12.1 Å². The molecule has 1 amide bonds. The Morgan fingerprint density at radius 3 is 2.32 bits per heavy atom. The lowest BCUT2D eigenvalue weighted by Crippen LogP contribution is -2.43. The van der Waals surface area contributed by atoms with Gasteiger partial charge in [0.05, 0.1) is 16.1 Å². The molecule has 0 saturated heterocycles. The van der Waals surface area contributed by atoms with Gasteiger partial charge in [-0.05, 0) is 13.3 Å². The first-order chi connectivity index (χ1) is 8.72. The molecule has 1 aromatic carbocycles. The predicted molar refractivity (Wildman–Crippen MR) is 70.1 cm³/mol. The average molecular weight is 290 g/mol. The van der Waals surface area contributed by atoms with E-state index in [4.69, 9.17) is 18.0 Å². The molecule has 0 aliphatic carbocycles. The van der Waals surface area contributed by atoms with E-state index in [2.05, 4.69) is 5.32 Å². The number of nitrogens with two attached hydrogens (primary N) is 1. The number of carbonyl (C=O) groups is 1. The van der Waals surface area contributed by atoms with Crippen molar-refractivity contribution in [2.24, 2.45) is 11.1 Å². The molecular formula is C12H13F3N2OS. The third-order valence-electron chi connectivity index (χ3n) is 3.01. The molecule has 0 bridgehead atoms. The van der Waals surface area contributed by atoms with Gasteiger partial charge in [-0.3, -0.25) is 4.79 Å². The van der Waals surface area contributed by atoms with Crippen molar-refractivity contribution in [2.45, 2.75) is 20.3 Å². The van der Waals surface area contributed by atoms with Gasteiger partial charge in [0.2, 0.25) is 5.91 Å². The summed E-state index contributed by atoms with van der Waals surface area (Å²) < 4.78 is 39.2. The summed E-state index contributed by atoms with van der Waals surface area (Å²) in [6.07, 6.45) is 0.291. The number of amides is 1. The predicted octanol–water partition coefficient (Wildman–Crippen LogP) is 2.74. The summed E-state index contributed by atoms with van der Waals surface area (Å²) in [7, 11) is 0. The van der Waals surface area contributed by atoms with E-state index in [-0.39, 0.29) is 4.99 Å². The van der Waals surface area contributed by atoms with Crippen molar-refractivity contribution in [3.63, 3.8) is 0 Å². The van der Waals surface area contributed by atoms with Crippen LogP contribution in [0.4, 0.5) is 18.9 Å². The number of carbonyl (C=O) groups excluding carboxylic acids is 1. The second-order valence-electron chi connectivity index (χ2n) is 4.25. The van der Waals surface area contributed by atoms with Gasteiger partial charge in [-0.2, -0.15) is 0 Å². The van der Waals surface area contributed by atoms with E-state index in [1.165, 1.54) is 6.92 Å². The van der Waals surface area contributed by atoms with Crippen molar-refractivity contribution in [1.29, 1.82) is 0 Å². The van der Waals surface area contributed by atoms with Crippen LogP contribution in [0, 0.1) is 22.9 Å². The highest BCUT2D eigenvalue weighted by Crippen LogP contribution is 2.26. The second kappa shape index (κ2) is 5.56. The van der Waals surface area contributed by atoms with Gasteiger partial charge in [0.25, 0.3) is 0 Å². The first-order valence-electron chi connectivity index (χ1n) is 5.48. The zero-order valence-electron chi connectivity index (χ0n) is 10.4. The zero-order valence-corrected chi connectivity index (χ0v) is 11.2. The highest BCUT2D eigenvalue weighted by Gasteiger charge is 2.35. The molecule has 7 heteroatoms. The van der Waals surface area contributed by atoms with E-state index in [1.54, 1.807) is 6.92 Å². The van der Waals surface area contributed by atoms with Crippen LogP contribution < -0.4 is 11.1 Å². The van der Waals surface area contributed by atoms with Crippen LogP contribution in [-0.4, -0.2) is 10.9 Å². The van der Waals surface area contributed by atoms with Crippen molar-refractivity contribution in [2.75, 3.05) is 5.32 Å². The van der Waals surface area contributed by atoms with Gasteiger partial charge >= 0.3 is 0 Å². The summed E-state index contributed by atoms with van der Waals surface area (Å²) >= 11 is 4.79. The molecular weight excluding hydrogens is 277 g/mol. The van der Waals surface area contributed by atoms with E-state index in [0.717, 1.165) is 0 Å². The smallest absolute Gasteiger partial charge is 0.237 e. The van der Waals surface area contributed by atoms with Gasteiger partial charge in [-0.15, -0.1) is 0 Å². The fourth-order valence-corrected chi connectivity index (χ4v) is 1.56. The molecule has 1 atom stereocenters. The number of hydrogen-bond acceptors (Lipinski definition) is 2. The van der Waals surface area contributed by atoms with Crippen molar-refractivity contribution in [3.05, 3.63) is 29.6 Å². The Morgan fingerprint density at radius 2 is 1.84 bits per heavy atom. The summed E-state index contributed by atoms with van der Waals surface area (Å²) in [5.74, 6) is -4.34. The normalized spacial score (nSPS) is 13.7. The van der Waals surface area contributed by atoms with Gasteiger partial charge in [0, 0.05) is 12.1 Å². The summed E-state index contributed by atoms with van der Waals surface area (Å²) in [6.45, 7) is 3.17. The molecule has 0 fully saturated rings. The van der Waals surface area contributed by atoms with Crippen LogP contribution in [0.5, 0.6) is 0 Å². The number of anilines is 1. The average Bonchev–Trinajstić information content (AvgIpc) is 2.34. The summed E-state index contributed by atoms with van der Waals surface area (Å²) in [4.78, 5) is 11.9. The molecule has 1 aromatic rings. The van der Waals surface area contributed by atoms with Crippen LogP contribution in [-0.2, 0) is 4.79 Å². The number of benzene rings is 1. The Labute approximate surface area is 114 Å². The minimum absolute atomic E-state index is 0.0597. The van der Waals surface area contributed by atoms with Gasteiger partial charge < -0.3 is 11.1 Å². The highest BCUT2D eigenvalue weighted by molar-refractivity contribution is 7.80. The van der Waals surface area contributed by atoms with Gasteiger partial charge in [0.15, 0.2) is 11.6 Å². The molecule has 3 nitrogen and oxygen atoms in total. The second-order valence-corrected chi connectivity index (χ2v) is 4.69.